The monoisotopic (exact) mass is 428 g/mol. The number of tetrazole rings is 1. The summed E-state index contributed by atoms with van der Waals surface area (Å²) in [5, 5.41) is 19.6. The van der Waals surface area contributed by atoms with E-state index in [2.05, 4.69) is 25.6 Å². The Hall–Kier alpha value is -2.89. The van der Waals surface area contributed by atoms with Gasteiger partial charge in [0.1, 0.15) is 5.82 Å². The molecule has 1 saturated carbocycles. The molecule has 0 unspecified atom stereocenters. The number of nitrogens with one attached hydrogen (secondary N) is 1. The van der Waals surface area contributed by atoms with Crippen molar-refractivity contribution in [2.45, 2.75) is 43.0 Å². The van der Waals surface area contributed by atoms with E-state index < -0.39 is 10.0 Å². The Kier molecular flexibility index (Phi) is 5.50. The molecule has 0 saturated heterocycles. The van der Waals surface area contributed by atoms with E-state index in [9.17, 15) is 8.42 Å². The second-order valence-corrected chi connectivity index (χ2v) is 9.23. The van der Waals surface area contributed by atoms with Crippen molar-refractivity contribution < 1.29 is 8.42 Å². The molecular formula is C19H24N8O2S. The Balaban J connectivity index is 1.88. The van der Waals surface area contributed by atoms with E-state index in [0.29, 0.717) is 40.4 Å². The molecule has 0 amide bonds. The summed E-state index contributed by atoms with van der Waals surface area (Å²) in [6.07, 6.45) is 5.94. The SMILES string of the molecule is Nc1ccc(-c2ccc(CC3CCC(N)CC3)c(S(N)(=O)=O)c2-c2nnn[nH]2)cn1. The minimum absolute atomic E-state index is 0.0326. The Labute approximate surface area is 174 Å². The van der Waals surface area contributed by atoms with Gasteiger partial charge in [-0.25, -0.2) is 23.6 Å². The third-order valence-electron chi connectivity index (χ3n) is 5.60. The highest BCUT2D eigenvalue weighted by Crippen LogP contribution is 2.39. The molecule has 0 radical (unpaired) electrons. The number of aromatic nitrogens is 5. The quantitative estimate of drug-likeness (QED) is 0.468. The van der Waals surface area contributed by atoms with Gasteiger partial charge < -0.3 is 11.5 Å². The van der Waals surface area contributed by atoms with Crippen LogP contribution in [0.5, 0.6) is 0 Å². The zero-order valence-electron chi connectivity index (χ0n) is 16.3. The third kappa shape index (κ3) is 4.18. The summed E-state index contributed by atoms with van der Waals surface area (Å²) in [6, 6.07) is 7.29. The number of hydrogen-bond donors (Lipinski definition) is 4. The molecule has 2 heterocycles. The maximum Gasteiger partial charge on any atom is 0.239 e. The van der Waals surface area contributed by atoms with E-state index in [1.807, 2.05) is 12.1 Å². The van der Waals surface area contributed by atoms with Gasteiger partial charge in [0.25, 0.3) is 0 Å². The Morgan fingerprint density at radius 3 is 2.47 bits per heavy atom. The van der Waals surface area contributed by atoms with Gasteiger partial charge in [-0.1, -0.05) is 12.1 Å². The highest BCUT2D eigenvalue weighted by molar-refractivity contribution is 7.89. The third-order valence-corrected chi connectivity index (χ3v) is 6.64. The van der Waals surface area contributed by atoms with Gasteiger partial charge in [-0.15, -0.1) is 5.10 Å². The van der Waals surface area contributed by atoms with Crippen LogP contribution >= 0.6 is 0 Å². The summed E-state index contributed by atoms with van der Waals surface area (Å²) < 4.78 is 25.5. The van der Waals surface area contributed by atoms with Gasteiger partial charge in [0.2, 0.25) is 10.0 Å². The van der Waals surface area contributed by atoms with Crippen LogP contribution in [0.1, 0.15) is 31.2 Å². The van der Waals surface area contributed by atoms with Crippen molar-refractivity contribution >= 4 is 15.8 Å². The van der Waals surface area contributed by atoms with Gasteiger partial charge in [0.15, 0.2) is 5.82 Å². The topological polar surface area (TPSA) is 180 Å². The molecule has 0 aliphatic heterocycles. The fourth-order valence-electron chi connectivity index (χ4n) is 4.12. The normalized spacial score (nSPS) is 19.7. The van der Waals surface area contributed by atoms with E-state index in [1.54, 1.807) is 18.3 Å². The lowest BCUT2D eigenvalue weighted by Gasteiger charge is -2.27. The predicted octanol–water partition coefficient (Wildman–Crippen LogP) is 1.22. The molecule has 2 aromatic heterocycles. The molecule has 0 atom stereocenters. The van der Waals surface area contributed by atoms with E-state index >= 15 is 0 Å². The lowest BCUT2D eigenvalue weighted by Crippen LogP contribution is -2.27. The summed E-state index contributed by atoms with van der Waals surface area (Å²) in [7, 11) is -4.08. The first-order chi connectivity index (χ1) is 14.3. The Morgan fingerprint density at radius 1 is 1.10 bits per heavy atom. The van der Waals surface area contributed by atoms with Crippen molar-refractivity contribution in [1.82, 2.24) is 25.6 Å². The molecule has 3 aromatic rings. The zero-order valence-corrected chi connectivity index (χ0v) is 17.1. The number of anilines is 1. The number of nitrogen functional groups attached to an aromatic ring is 1. The molecule has 0 spiro atoms. The first-order valence-corrected chi connectivity index (χ1v) is 11.3. The highest BCUT2D eigenvalue weighted by atomic mass is 32.2. The number of H-pyrrole nitrogens is 1. The molecule has 1 aliphatic rings. The van der Waals surface area contributed by atoms with Crippen molar-refractivity contribution in [3.8, 4) is 22.5 Å². The molecule has 1 aliphatic carbocycles. The molecule has 7 N–H and O–H groups in total. The number of pyridine rings is 1. The molecule has 1 fully saturated rings. The lowest BCUT2D eigenvalue weighted by atomic mass is 9.82. The van der Waals surface area contributed by atoms with Crippen LogP contribution in [0.4, 0.5) is 5.82 Å². The van der Waals surface area contributed by atoms with Crippen LogP contribution in [0.25, 0.3) is 22.5 Å². The van der Waals surface area contributed by atoms with Crippen LogP contribution in [0.2, 0.25) is 0 Å². The fraction of sp³-hybridized carbons (Fsp3) is 0.368. The van der Waals surface area contributed by atoms with E-state index in [-0.39, 0.29) is 16.8 Å². The van der Waals surface area contributed by atoms with E-state index in [1.165, 1.54) is 0 Å². The molecule has 30 heavy (non-hydrogen) atoms. The second-order valence-electron chi connectivity index (χ2n) is 7.73. The van der Waals surface area contributed by atoms with Crippen LogP contribution in [-0.2, 0) is 16.4 Å². The Bertz CT molecular complexity index is 1120. The number of rotatable bonds is 5. The summed E-state index contributed by atoms with van der Waals surface area (Å²) >= 11 is 0. The summed E-state index contributed by atoms with van der Waals surface area (Å²) in [4.78, 5) is 4.15. The van der Waals surface area contributed by atoms with Crippen LogP contribution < -0.4 is 16.6 Å². The first kappa shape index (κ1) is 20.4. The summed E-state index contributed by atoms with van der Waals surface area (Å²) in [5.41, 5.74) is 14.0. The molecule has 10 nitrogen and oxygen atoms in total. The van der Waals surface area contributed by atoms with Crippen LogP contribution in [0.15, 0.2) is 35.4 Å². The standard InChI is InChI=1S/C19H24N8O2S/c20-14-5-1-11(2-6-14)9-12-3-7-15(13-4-8-16(21)23-10-13)17(18(12)30(22,28)29)19-24-26-27-25-19/h3-4,7-8,10-11,14H,1-2,5-6,9,20H2,(H2,21,23)(H2,22,28,29)(H,24,25,26,27). The number of aromatic amines is 1. The van der Waals surface area contributed by atoms with Gasteiger partial charge in [-0.2, -0.15) is 0 Å². The van der Waals surface area contributed by atoms with E-state index in [4.69, 9.17) is 16.6 Å². The van der Waals surface area contributed by atoms with Gasteiger partial charge in [0, 0.05) is 23.4 Å². The number of hydrogen-bond acceptors (Lipinski definition) is 8. The fourth-order valence-corrected chi connectivity index (χ4v) is 5.13. The largest absolute Gasteiger partial charge is 0.384 e. The number of nitrogens with zero attached hydrogens (tertiary/aromatic N) is 4. The highest BCUT2D eigenvalue weighted by Gasteiger charge is 2.28. The minimum Gasteiger partial charge on any atom is -0.384 e. The van der Waals surface area contributed by atoms with Gasteiger partial charge in [-0.3, -0.25) is 0 Å². The van der Waals surface area contributed by atoms with Gasteiger partial charge in [-0.05, 0) is 71.7 Å². The molecule has 1 aromatic carbocycles. The van der Waals surface area contributed by atoms with Gasteiger partial charge in [0.05, 0.1) is 4.90 Å². The number of sulfonamides is 1. The summed E-state index contributed by atoms with van der Waals surface area (Å²) in [6.45, 7) is 0. The molecule has 11 heteroatoms. The average Bonchev–Trinajstić information content (AvgIpc) is 3.24. The first-order valence-electron chi connectivity index (χ1n) is 9.73. The Morgan fingerprint density at radius 2 is 1.87 bits per heavy atom. The van der Waals surface area contributed by atoms with Crippen molar-refractivity contribution in [2.24, 2.45) is 16.8 Å². The lowest BCUT2D eigenvalue weighted by molar-refractivity contribution is 0.323. The molecule has 158 valence electrons. The summed E-state index contributed by atoms with van der Waals surface area (Å²) in [5.74, 6) is 0.925. The number of benzene rings is 1. The maximum absolute atomic E-state index is 12.7. The second kappa shape index (κ2) is 8.09. The number of nitrogens with two attached hydrogens (primary N) is 3. The van der Waals surface area contributed by atoms with Crippen LogP contribution in [0.3, 0.4) is 0 Å². The zero-order chi connectivity index (χ0) is 21.3. The van der Waals surface area contributed by atoms with Gasteiger partial charge >= 0.3 is 0 Å². The minimum atomic E-state index is -4.08. The average molecular weight is 429 g/mol. The molecule has 0 bridgehead atoms. The van der Waals surface area contributed by atoms with Crippen molar-refractivity contribution in [1.29, 1.82) is 0 Å². The van der Waals surface area contributed by atoms with E-state index in [0.717, 1.165) is 25.7 Å². The van der Waals surface area contributed by atoms with Crippen LogP contribution in [-0.4, -0.2) is 40.1 Å². The maximum atomic E-state index is 12.7. The van der Waals surface area contributed by atoms with Crippen molar-refractivity contribution in [3.05, 3.63) is 36.0 Å². The molecule has 4 rings (SSSR count). The van der Waals surface area contributed by atoms with Crippen LogP contribution in [0, 0.1) is 5.92 Å². The van der Waals surface area contributed by atoms with Crippen molar-refractivity contribution in [2.75, 3.05) is 5.73 Å². The number of primary sulfonamides is 1. The predicted molar refractivity (Wildman–Crippen MR) is 112 cm³/mol. The smallest absolute Gasteiger partial charge is 0.239 e. The van der Waals surface area contributed by atoms with Crippen molar-refractivity contribution in [3.63, 3.8) is 0 Å². The molecular weight excluding hydrogens is 404 g/mol.